The zero-order valence-electron chi connectivity index (χ0n) is 17.4. The lowest BCUT2D eigenvalue weighted by Crippen LogP contribution is -2.46. The van der Waals surface area contributed by atoms with Crippen LogP contribution in [0.25, 0.3) is 6.08 Å². The molecule has 0 spiro atoms. The van der Waals surface area contributed by atoms with E-state index in [4.69, 9.17) is 0 Å². The minimum Gasteiger partial charge on any atom is -0.394 e. The first-order valence-electron chi connectivity index (χ1n) is 10.1. The van der Waals surface area contributed by atoms with Crippen LogP contribution in [-0.4, -0.2) is 40.7 Å². The average Bonchev–Trinajstić information content (AvgIpc) is 3.10. The van der Waals surface area contributed by atoms with Gasteiger partial charge in [-0.1, -0.05) is 43.7 Å². The number of rotatable bonds is 8. The summed E-state index contributed by atoms with van der Waals surface area (Å²) < 4.78 is 0. The zero-order valence-corrected chi connectivity index (χ0v) is 18.2. The van der Waals surface area contributed by atoms with Crippen LogP contribution in [0.15, 0.2) is 53.4 Å². The number of carbonyl (C=O) groups excluding carboxylic acids is 4. The van der Waals surface area contributed by atoms with Gasteiger partial charge in [-0.2, -0.15) is 0 Å². The van der Waals surface area contributed by atoms with Crippen molar-refractivity contribution >= 4 is 46.5 Å². The molecule has 3 rings (SSSR count). The molecule has 0 aliphatic carbocycles. The highest BCUT2D eigenvalue weighted by atomic mass is 32.2. The number of anilines is 1. The molecule has 2 aromatic carbocycles. The Bertz CT molecular complexity index is 1070. The molecular formula is C23H23N3O5S. The van der Waals surface area contributed by atoms with Crippen molar-refractivity contribution in [2.24, 2.45) is 0 Å². The molecule has 4 N–H and O–H groups in total. The van der Waals surface area contributed by atoms with E-state index in [1.807, 2.05) is 25.1 Å². The normalized spacial score (nSPS) is 15.4. The number of nitrogens with one attached hydrogen (secondary N) is 3. The molecule has 0 bridgehead atoms. The lowest BCUT2D eigenvalue weighted by atomic mass is 10.1. The second-order valence-corrected chi connectivity index (χ2v) is 8.09. The minimum atomic E-state index is -1.12. The summed E-state index contributed by atoms with van der Waals surface area (Å²) in [6.45, 7) is 1.48. The Morgan fingerprint density at radius 2 is 1.84 bits per heavy atom. The average molecular weight is 454 g/mol. The van der Waals surface area contributed by atoms with E-state index in [2.05, 4.69) is 16.0 Å². The quantitative estimate of drug-likeness (QED) is 0.456. The lowest BCUT2D eigenvalue weighted by molar-refractivity contribution is -0.119. The highest BCUT2D eigenvalue weighted by Crippen LogP contribution is 2.25. The van der Waals surface area contributed by atoms with Gasteiger partial charge in [0, 0.05) is 11.3 Å². The Hall–Kier alpha value is -3.43. The molecule has 1 heterocycles. The van der Waals surface area contributed by atoms with Crippen LogP contribution in [0.1, 0.15) is 34.8 Å². The zero-order chi connectivity index (χ0) is 23.1. The SMILES string of the molecule is CCCc1ccccc1NC(=O)[C@H](CO)NC(=O)c1ccc(/C=C2\SC(=O)NC2=O)cc1. The number of benzene rings is 2. The first kappa shape index (κ1) is 23.2. The smallest absolute Gasteiger partial charge is 0.290 e. The summed E-state index contributed by atoms with van der Waals surface area (Å²) >= 11 is 0.808. The topological polar surface area (TPSA) is 125 Å². The summed E-state index contributed by atoms with van der Waals surface area (Å²) in [7, 11) is 0. The Balaban J connectivity index is 1.65. The van der Waals surface area contributed by atoms with Gasteiger partial charge in [-0.3, -0.25) is 24.5 Å². The van der Waals surface area contributed by atoms with Gasteiger partial charge in [0.2, 0.25) is 5.91 Å². The summed E-state index contributed by atoms with van der Waals surface area (Å²) in [5.74, 6) is -1.50. The highest BCUT2D eigenvalue weighted by molar-refractivity contribution is 8.18. The van der Waals surface area contributed by atoms with Crippen molar-refractivity contribution < 1.29 is 24.3 Å². The van der Waals surface area contributed by atoms with Crippen LogP contribution in [0.5, 0.6) is 0 Å². The summed E-state index contributed by atoms with van der Waals surface area (Å²) in [6.07, 6.45) is 3.26. The van der Waals surface area contributed by atoms with Crippen LogP contribution in [-0.2, 0) is 16.0 Å². The van der Waals surface area contributed by atoms with Gasteiger partial charge >= 0.3 is 0 Å². The fourth-order valence-corrected chi connectivity index (χ4v) is 3.77. The molecule has 1 atom stereocenters. The maximum atomic E-state index is 12.6. The third-order valence-electron chi connectivity index (χ3n) is 4.71. The summed E-state index contributed by atoms with van der Waals surface area (Å²) in [4.78, 5) is 48.3. The molecule has 0 unspecified atom stereocenters. The molecular weight excluding hydrogens is 430 g/mol. The fourth-order valence-electron chi connectivity index (χ4n) is 3.09. The van der Waals surface area contributed by atoms with E-state index in [0.29, 0.717) is 11.3 Å². The van der Waals surface area contributed by atoms with Gasteiger partial charge in [0.1, 0.15) is 6.04 Å². The summed E-state index contributed by atoms with van der Waals surface area (Å²) in [5.41, 5.74) is 2.55. The predicted octanol–water partition coefficient (Wildman–Crippen LogP) is 2.69. The predicted molar refractivity (Wildman–Crippen MR) is 123 cm³/mol. The lowest BCUT2D eigenvalue weighted by Gasteiger charge is -2.18. The van der Waals surface area contributed by atoms with E-state index >= 15 is 0 Å². The van der Waals surface area contributed by atoms with Gasteiger partial charge < -0.3 is 15.7 Å². The van der Waals surface area contributed by atoms with E-state index in [0.717, 1.165) is 30.2 Å². The molecule has 1 aliphatic rings. The summed E-state index contributed by atoms with van der Waals surface area (Å²) in [5, 5.41) is 16.7. The summed E-state index contributed by atoms with van der Waals surface area (Å²) in [6, 6.07) is 12.6. The Kier molecular flexibility index (Phi) is 7.80. The van der Waals surface area contributed by atoms with Gasteiger partial charge in [-0.05, 0) is 53.6 Å². The maximum Gasteiger partial charge on any atom is 0.290 e. The number of imide groups is 1. The van der Waals surface area contributed by atoms with Crippen LogP contribution >= 0.6 is 11.8 Å². The van der Waals surface area contributed by atoms with E-state index in [1.165, 1.54) is 12.1 Å². The molecule has 4 amide bonds. The van der Waals surface area contributed by atoms with Crippen LogP contribution in [0, 0.1) is 0 Å². The number of amides is 4. The number of aryl methyl sites for hydroxylation is 1. The first-order valence-corrected chi connectivity index (χ1v) is 10.9. The number of para-hydroxylation sites is 1. The second kappa shape index (κ2) is 10.7. The van der Waals surface area contributed by atoms with Crippen molar-refractivity contribution in [2.45, 2.75) is 25.8 Å². The van der Waals surface area contributed by atoms with Gasteiger partial charge in [-0.25, -0.2) is 0 Å². The number of hydrogen-bond donors (Lipinski definition) is 4. The highest BCUT2D eigenvalue weighted by Gasteiger charge is 2.25. The molecule has 8 nitrogen and oxygen atoms in total. The van der Waals surface area contributed by atoms with Crippen LogP contribution < -0.4 is 16.0 Å². The van der Waals surface area contributed by atoms with Crippen LogP contribution in [0.2, 0.25) is 0 Å². The molecule has 166 valence electrons. The van der Waals surface area contributed by atoms with Gasteiger partial charge in [0.25, 0.3) is 17.1 Å². The molecule has 0 radical (unpaired) electrons. The molecule has 32 heavy (non-hydrogen) atoms. The van der Waals surface area contributed by atoms with Crippen molar-refractivity contribution in [3.05, 3.63) is 70.1 Å². The molecule has 1 fully saturated rings. The first-order chi connectivity index (χ1) is 15.4. The Morgan fingerprint density at radius 3 is 2.47 bits per heavy atom. The number of aliphatic hydroxyl groups is 1. The third kappa shape index (κ3) is 5.83. The van der Waals surface area contributed by atoms with E-state index in [-0.39, 0.29) is 10.5 Å². The van der Waals surface area contributed by atoms with Crippen molar-refractivity contribution in [2.75, 3.05) is 11.9 Å². The molecule has 9 heteroatoms. The molecule has 1 aliphatic heterocycles. The van der Waals surface area contributed by atoms with Crippen molar-refractivity contribution in [3.8, 4) is 0 Å². The second-order valence-electron chi connectivity index (χ2n) is 7.08. The largest absolute Gasteiger partial charge is 0.394 e. The molecule has 2 aromatic rings. The van der Waals surface area contributed by atoms with E-state index in [1.54, 1.807) is 24.3 Å². The monoisotopic (exact) mass is 453 g/mol. The molecule has 0 aromatic heterocycles. The number of thioether (sulfide) groups is 1. The maximum absolute atomic E-state index is 12.6. The Morgan fingerprint density at radius 1 is 1.12 bits per heavy atom. The number of carbonyl (C=O) groups is 4. The van der Waals surface area contributed by atoms with Crippen LogP contribution in [0.4, 0.5) is 10.5 Å². The van der Waals surface area contributed by atoms with Crippen molar-refractivity contribution in [1.82, 2.24) is 10.6 Å². The van der Waals surface area contributed by atoms with E-state index in [9.17, 15) is 24.3 Å². The van der Waals surface area contributed by atoms with Crippen molar-refractivity contribution in [1.29, 1.82) is 0 Å². The fraction of sp³-hybridized carbons (Fsp3) is 0.217. The van der Waals surface area contributed by atoms with Gasteiger partial charge in [-0.15, -0.1) is 0 Å². The number of hydrogen-bond acceptors (Lipinski definition) is 6. The number of aliphatic hydroxyl groups excluding tert-OH is 1. The third-order valence-corrected chi connectivity index (χ3v) is 5.52. The minimum absolute atomic E-state index is 0.271. The van der Waals surface area contributed by atoms with Gasteiger partial charge in [0.15, 0.2) is 0 Å². The molecule has 0 saturated carbocycles. The molecule has 1 saturated heterocycles. The standard InChI is InChI=1S/C23H23N3O5S/c1-2-5-15-6-3-4-7-17(15)24-21(29)18(13-27)25-20(28)16-10-8-14(9-11-16)12-19-22(30)26-23(31)32-19/h3-4,6-12,18,27H,2,5,13H2,1H3,(H,24,29)(H,25,28)(H,26,30,31)/b19-12-/t18-/m0/s1. The Labute approximate surface area is 189 Å². The van der Waals surface area contributed by atoms with Crippen LogP contribution in [0.3, 0.4) is 0 Å². The van der Waals surface area contributed by atoms with Crippen molar-refractivity contribution in [3.63, 3.8) is 0 Å². The van der Waals surface area contributed by atoms with E-state index < -0.39 is 35.6 Å². The van der Waals surface area contributed by atoms with Gasteiger partial charge in [0.05, 0.1) is 11.5 Å².